The van der Waals surface area contributed by atoms with E-state index < -0.39 is 0 Å². The highest BCUT2D eigenvalue weighted by Crippen LogP contribution is 2.13. The van der Waals surface area contributed by atoms with Crippen LogP contribution < -0.4 is 0 Å². The van der Waals surface area contributed by atoms with Crippen LogP contribution in [0.3, 0.4) is 0 Å². The Labute approximate surface area is 134 Å². The third-order valence-electron chi connectivity index (χ3n) is 3.62. The molecule has 0 aliphatic rings. The molecule has 1 heterocycles. The standard InChI is InChI=1S/C19H16N2O2/c22-18(11-19(23)17-12-20-13-21-17)16-8-4-7-15(10-16)9-14-5-2-1-3-6-14/h1-8,10,12-13H,9,11H2,(H,20,21). The van der Waals surface area contributed by atoms with Crippen LogP contribution in [0.4, 0.5) is 0 Å². The molecule has 2 aromatic carbocycles. The molecule has 4 nitrogen and oxygen atoms in total. The van der Waals surface area contributed by atoms with Crippen molar-refractivity contribution >= 4 is 11.6 Å². The van der Waals surface area contributed by atoms with Crippen molar-refractivity contribution in [3.05, 3.63) is 89.5 Å². The summed E-state index contributed by atoms with van der Waals surface area (Å²) < 4.78 is 0. The van der Waals surface area contributed by atoms with Crippen molar-refractivity contribution in [3.63, 3.8) is 0 Å². The third kappa shape index (κ3) is 3.80. The Morgan fingerprint density at radius 2 is 1.70 bits per heavy atom. The Morgan fingerprint density at radius 1 is 0.913 bits per heavy atom. The van der Waals surface area contributed by atoms with Crippen LogP contribution in [0.25, 0.3) is 0 Å². The summed E-state index contributed by atoms with van der Waals surface area (Å²) in [5.74, 6) is -0.430. The second-order valence-corrected chi connectivity index (χ2v) is 5.35. The monoisotopic (exact) mass is 304 g/mol. The summed E-state index contributed by atoms with van der Waals surface area (Å²) in [7, 11) is 0. The van der Waals surface area contributed by atoms with Gasteiger partial charge >= 0.3 is 0 Å². The fraction of sp³-hybridized carbons (Fsp3) is 0.105. The van der Waals surface area contributed by atoms with Crippen molar-refractivity contribution in [2.45, 2.75) is 12.8 Å². The van der Waals surface area contributed by atoms with Gasteiger partial charge in [0.25, 0.3) is 0 Å². The van der Waals surface area contributed by atoms with E-state index in [9.17, 15) is 9.59 Å². The van der Waals surface area contributed by atoms with Crippen molar-refractivity contribution in [3.8, 4) is 0 Å². The molecule has 1 aromatic heterocycles. The predicted octanol–water partition coefficient (Wildman–Crippen LogP) is 3.46. The van der Waals surface area contributed by atoms with Gasteiger partial charge in [0, 0.05) is 5.56 Å². The zero-order chi connectivity index (χ0) is 16.1. The van der Waals surface area contributed by atoms with Gasteiger partial charge in [-0.15, -0.1) is 0 Å². The topological polar surface area (TPSA) is 62.8 Å². The number of H-pyrrole nitrogens is 1. The van der Waals surface area contributed by atoms with Crippen LogP contribution in [0.15, 0.2) is 67.1 Å². The summed E-state index contributed by atoms with van der Waals surface area (Å²) in [6.07, 6.45) is 3.47. The minimum atomic E-state index is -0.249. The Hall–Kier alpha value is -3.01. The number of carbonyl (C=O) groups is 2. The number of imidazole rings is 1. The van der Waals surface area contributed by atoms with Gasteiger partial charge in [0.05, 0.1) is 18.9 Å². The molecule has 0 saturated carbocycles. The number of aromatic nitrogens is 2. The van der Waals surface area contributed by atoms with E-state index in [1.165, 1.54) is 18.1 Å². The molecule has 0 bridgehead atoms. The molecule has 0 radical (unpaired) electrons. The number of carbonyl (C=O) groups excluding carboxylic acids is 2. The molecule has 0 atom stereocenters. The van der Waals surface area contributed by atoms with Crippen molar-refractivity contribution in [1.29, 1.82) is 0 Å². The molecule has 0 amide bonds. The van der Waals surface area contributed by atoms with Crippen LogP contribution >= 0.6 is 0 Å². The number of hydrogen-bond donors (Lipinski definition) is 1. The fourth-order valence-electron chi connectivity index (χ4n) is 2.44. The first-order chi connectivity index (χ1) is 11.2. The van der Waals surface area contributed by atoms with Gasteiger partial charge in [-0.2, -0.15) is 0 Å². The van der Waals surface area contributed by atoms with Crippen LogP contribution in [-0.4, -0.2) is 21.5 Å². The Bertz CT molecular complexity index is 808. The van der Waals surface area contributed by atoms with Gasteiger partial charge in [0.15, 0.2) is 11.6 Å². The second-order valence-electron chi connectivity index (χ2n) is 5.35. The van der Waals surface area contributed by atoms with Crippen molar-refractivity contribution < 1.29 is 9.59 Å². The summed E-state index contributed by atoms with van der Waals surface area (Å²) in [4.78, 5) is 30.8. The number of nitrogens with zero attached hydrogens (tertiary/aromatic N) is 1. The molecule has 1 N–H and O–H groups in total. The van der Waals surface area contributed by atoms with Gasteiger partial charge in [-0.1, -0.05) is 48.5 Å². The number of nitrogens with one attached hydrogen (secondary N) is 1. The first-order valence-electron chi connectivity index (χ1n) is 7.40. The maximum absolute atomic E-state index is 12.3. The first kappa shape index (κ1) is 14.9. The molecule has 0 spiro atoms. The van der Waals surface area contributed by atoms with Gasteiger partial charge in [0.2, 0.25) is 0 Å². The van der Waals surface area contributed by atoms with E-state index in [-0.39, 0.29) is 18.0 Å². The van der Waals surface area contributed by atoms with Crippen LogP contribution in [0, 0.1) is 0 Å². The number of benzene rings is 2. The van der Waals surface area contributed by atoms with Gasteiger partial charge in [-0.25, -0.2) is 4.98 Å². The van der Waals surface area contributed by atoms with E-state index >= 15 is 0 Å². The maximum atomic E-state index is 12.3. The average Bonchev–Trinajstić information content (AvgIpc) is 3.10. The summed E-state index contributed by atoms with van der Waals surface area (Å²) in [5, 5.41) is 0. The minimum Gasteiger partial charge on any atom is -0.342 e. The van der Waals surface area contributed by atoms with Crippen molar-refractivity contribution in [2.24, 2.45) is 0 Å². The van der Waals surface area contributed by atoms with Crippen LogP contribution in [0.2, 0.25) is 0 Å². The van der Waals surface area contributed by atoms with Gasteiger partial charge in [0.1, 0.15) is 5.69 Å². The summed E-state index contributed by atoms with van der Waals surface area (Å²) in [6.45, 7) is 0. The van der Waals surface area contributed by atoms with Crippen LogP contribution in [0.5, 0.6) is 0 Å². The molecule has 0 fully saturated rings. The molecular formula is C19H16N2O2. The highest BCUT2D eigenvalue weighted by Gasteiger charge is 2.15. The predicted molar refractivity (Wildman–Crippen MR) is 87.6 cm³/mol. The molecule has 0 aliphatic carbocycles. The Kier molecular flexibility index (Phi) is 4.43. The SMILES string of the molecule is O=C(CC(=O)c1cnc[nH]1)c1cccc(Cc2ccccc2)c1. The molecule has 3 rings (SSSR count). The van der Waals surface area contributed by atoms with Crippen molar-refractivity contribution in [2.75, 3.05) is 0 Å². The summed E-state index contributed by atoms with van der Waals surface area (Å²) >= 11 is 0. The lowest BCUT2D eigenvalue weighted by Gasteiger charge is -2.05. The zero-order valence-corrected chi connectivity index (χ0v) is 12.5. The highest BCUT2D eigenvalue weighted by molar-refractivity contribution is 6.12. The van der Waals surface area contributed by atoms with E-state index in [1.807, 2.05) is 36.4 Å². The van der Waals surface area contributed by atoms with E-state index in [0.717, 1.165) is 12.0 Å². The Morgan fingerprint density at radius 3 is 2.43 bits per heavy atom. The van der Waals surface area contributed by atoms with Gasteiger partial charge in [-0.3, -0.25) is 9.59 Å². The first-order valence-corrected chi connectivity index (χ1v) is 7.40. The third-order valence-corrected chi connectivity index (χ3v) is 3.62. The highest BCUT2D eigenvalue weighted by atomic mass is 16.1. The van der Waals surface area contributed by atoms with Gasteiger partial charge < -0.3 is 4.98 Å². The van der Waals surface area contributed by atoms with E-state index in [1.54, 1.807) is 6.07 Å². The average molecular weight is 304 g/mol. The number of Topliss-reactive ketones (excluding diaryl/α,β-unsaturated/α-hetero) is 2. The van der Waals surface area contributed by atoms with E-state index in [4.69, 9.17) is 0 Å². The lowest BCUT2D eigenvalue weighted by Crippen LogP contribution is -2.09. The summed E-state index contributed by atoms with van der Waals surface area (Å²) in [5.41, 5.74) is 3.16. The second kappa shape index (κ2) is 6.83. The number of ketones is 2. The molecule has 0 aliphatic heterocycles. The molecule has 0 unspecified atom stereocenters. The molecule has 0 saturated heterocycles. The zero-order valence-electron chi connectivity index (χ0n) is 12.5. The maximum Gasteiger partial charge on any atom is 0.188 e. The van der Waals surface area contributed by atoms with Gasteiger partial charge in [-0.05, 0) is 23.6 Å². The van der Waals surface area contributed by atoms with Crippen LogP contribution in [0.1, 0.15) is 38.4 Å². The Balaban J connectivity index is 1.71. The quantitative estimate of drug-likeness (QED) is 0.560. The van der Waals surface area contributed by atoms with Crippen LogP contribution in [-0.2, 0) is 6.42 Å². The number of rotatable bonds is 6. The fourth-order valence-corrected chi connectivity index (χ4v) is 2.44. The minimum absolute atomic E-state index is 0.156. The smallest absolute Gasteiger partial charge is 0.188 e. The number of hydrogen-bond acceptors (Lipinski definition) is 3. The van der Waals surface area contributed by atoms with E-state index in [0.29, 0.717) is 11.3 Å². The molecule has 3 aromatic rings. The number of aromatic amines is 1. The lowest BCUT2D eigenvalue weighted by atomic mass is 9.99. The summed E-state index contributed by atoms with van der Waals surface area (Å²) in [6, 6.07) is 17.5. The molecule has 23 heavy (non-hydrogen) atoms. The molecular weight excluding hydrogens is 288 g/mol. The van der Waals surface area contributed by atoms with E-state index in [2.05, 4.69) is 22.1 Å². The van der Waals surface area contributed by atoms with Crippen molar-refractivity contribution in [1.82, 2.24) is 9.97 Å². The normalized spacial score (nSPS) is 10.4. The largest absolute Gasteiger partial charge is 0.342 e. The molecule has 114 valence electrons. The molecule has 4 heteroatoms. The lowest BCUT2D eigenvalue weighted by molar-refractivity contribution is 0.0891.